The van der Waals surface area contributed by atoms with Crippen LogP contribution in [-0.4, -0.2) is 12.6 Å². The molecule has 0 amide bonds. The van der Waals surface area contributed by atoms with Crippen LogP contribution in [0.5, 0.6) is 0 Å². The molecule has 1 nitrogen and oxygen atoms in total. The van der Waals surface area contributed by atoms with Gasteiger partial charge in [-0.05, 0) is 68.2 Å². The molecule has 0 radical (unpaired) electrons. The van der Waals surface area contributed by atoms with Crippen molar-refractivity contribution in [1.29, 1.82) is 0 Å². The van der Waals surface area contributed by atoms with Gasteiger partial charge >= 0.3 is 0 Å². The Morgan fingerprint density at radius 2 is 1.79 bits per heavy atom. The molecule has 0 aliphatic heterocycles. The van der Waals surface area contributed by atoms with Gasteiger partial charge in [-0.1, -0.05) is 38.5 Å². The molecular weight excluding hydrogens is 230 g/mol. The SMILES string of the molecule is CCc1ccc(CCCCCNC2CC2)cc1CC. The fraction of sp³-hybridized carbons (Fsp3) is 0.667. The zero-order chi connectivity index (χ0) is 13.5. The van der Waals surface area contributed by atoms with Gasteiger partial charge in [-0.25, -0.2) is 0 Å². The fourth-order valence-corrected chi connectivity index (χ4v) is 2.73. The maximum Gasteiger partial charge on any atom is 0.00682 e. The third-order valence-electron chi connectivity index (χ3n) is 4.19. The summed E-state index contributed by atoms with van der Waals surface area (Å²) in [7, 11) is 0. The van der Waals surface area contributed by atoms with Crippen LogP contribution in [0.4, 0.5) is 0 Å². The third-order valence-corrected chi connectivity index (χ3v) is 4.19. The van der Waals surface area contributed by atoms with Gasteiger partial charge in [0.25, 0.3) is 0 Å². The molecule has 2 rings (SSSR count). The van der Waals surface area contributed by atoms with Crippen LogP contribution in [0.15, 0.2) is 18.2 Å². The van der Waals surface area contributed by atoms with Crippen LogP contribution in [0.3, 0.4) is 0 Å². The van der Waals surface area contributed by atoms with Gasteiger partial charge < -0.3 is 5.32 Å². The minimum absolute atomic E-state index is 0.869. The first kappa shape index (κ1) is 14.6. The Labute approximate surface area is 118 Å². The predicted molar refractivity (Wildman–Crippen MR) is 83.8 cm³/mol. The van der Waals surface area contributed by atoms with E-state index in [2.05, 4.69) is 37.4 Å². The largest absolute Gasteiger partial charge is 0.314 e. The number of unbranched alkanes of at least 4 members (excludes halogenated alkanes) is 2. The quantitative estimate of drug-likeness (QED) is 0.653. The van der Waals surface area contributed by atoms with E-state index in [9.17, 15) is 0 Å². The van der Waals surface area contributed by atoms with Crippen LogP contribution < -0.4 is 5.32 Å². The van der Waals surface area contributed by atoms with Crippen LogP contribution >= 0.6 is 0 Å². The third kappa shape index (κ3) is 4.99. The van der Waals surface area contributed by atoms with Gasteiger partial charge in [0, 0.05) is 6.04 Å². The van der Waals surface area contributed by atoms with Crippen molar-refractivity contribution in [3.63, 3.8) is 0 Å². The lowest BCUT2D eigenvalue weighted by Crippen LogP contribution is -2.17. The second-order valence-corrected chi connectivity index (χ2v) is 5.85. The molecule has 0 heterocycles. The van der Waals surface area contributed by atoms with E-state index in [1.807, 2.05) is 0 Å². The van der Waals surface area contributed by atoms with Gasteiger partial charge in [0.1, 0.15) is 0 Å². The van der Waals surface area contributed by atoms with E-state index in [4.69, 9.17) is 0 Å². The first-order chi connectivity index (χ1) is 9.33. The van der Waals surface area contributed by atoms with Crippen molar-refractivity contribution in [2.75, 3.05) is 6.54 Å². The lowest BCUT2D eigenvalue weighted by atomic mass is 9.97. The first-order valence-electron chi connectivity index (χ1n) is 8.17. The lowest BCUT2D eigenvalue weighted by molar-refractivity contribution is 0.600. The Balaban J connectivity index is 1.66. The van der Waals surface area contributed by atoms with E-state index in [1.54, 1.807) is 5.56 Å². The van der Waals surface area contributed by atoms with Crippen molar-refractivity contribution >= 4 is 0 Å². The van der Waals surface area contributed by atoms with Crippen molar-refractivity contribution in [3.05, 3.63) is 34.9 Å². The average Bonchev–Trinajstić information content (AvgIpc) is 3.26. The summed E-state index contributed by atoms with van der Waals surface area (Å²) in [5, 5.41) is 3.59. The van der Waals surface area contributed by atoms with Crippen molar-refractivity contribution in [1.82, 2.24) is 5.32 Å². The molecule has 1 fully saturated rings. The van der Waals surface area contributed by atoms with Crippen molar-refractivity contribution in [3.8, 4) is 0 Å². The second-order valence-electron chi connectivity index (χ2n) is 5.85. The van der Waals surface area contributed by atoms with E-state index < -0.39 is 0 Å². The molecule has 0 unspecified atom stereocenters. The maximum atomic E-state index is 3.59. The predicted octanol–water partition coefficient (Wildman–Crippen LogP) is 4.28. The number of hydrogen-bond donors (Lipinski definition) is 1. The van der Waals surface area contributed by atoms with Gasteiger partial charge in [0.15, 0.2) is 0 Å². The number of rotatable bonds is 9. The van der Waals surface area contributed by atoms with Gasteiger partial charge in [0.05, 0.1) is 0 Å². The summed E-state index contributed by atoms with van der Waals surface area (Å²) >= 11 is 0. The molecular formula is C18H29N. The normalized spacial score (nSPS) is 14.8. The molecule has 1 heteroatoms. The Bertz CT molecular complexity index is 379. The number of benzene rings is 1. The molecule has 1 aliphatic rings. The van der Waals surface area contributed by atoms with Crippen LogP contribution in [0.25, 0.3) is 0 Å². The van der Waals surface area contributed by atoms with Gasteiger partial charge in [0.2, 0.25) is 0 Å². The highest BCUT2D eigenvalue weighted by molar-refractivity contribution is 5.32. The van der Waals surface area contributed by atoms with Gasteiger partial charge in [-0.15, -0.1) is 0 Å². The number of nitrogens with one attached hydrogen (secondary N) is 1. The molecule has 106 valence electrons. The highest BCUT2D eigenvalue weighted by atomic mass is 14.9. The van der Waals surface area contributed by atoms with E-state index in [1.165, 1.54) is 62.6 Å². The summed E-state index contributed by atoms with van der Waals surface area (Å²) in [4.78, 5) is 0. The van der Waals surface area contributed by atoms with E-state index in [0.717, 1.165) is 12.5 Å². The van der Waals surface area contributed by atoms with Crippen LogP contribution in [0, 0.1) is 0 Å². The van der Waals surface area contributed by atoms with Gasteiger partial charge in [-0.3, -0.25) is 0 Å². The average molecular weight is 259 g/mol. The summed E-state index contributed by atoms with van der Waals surface area (Å²) in [6.45, 7) is 5.74. The Morgan fingerprint density at radius 3 is 2.47 bits per heavy atom. The topological polar surface area (TPSA) is 12.0 Å². The molecule has 0 spiro atoms. The summed E-state index contributed by atoms with van der Waals surface area (Å²) in [5.41, 5.74) is 4.61. The number of aryl methyl sites for hydroxylation is 3. The van der Waals surface area contributed by atoms with Crippen molar-refractivity contribution in [2.45, 2.75) is 71.3 Å². The summed E-state index contributed by atoms with van der Waals surface area (Å²) < 4.78 is 0. The lowest BCUT2D eigenvalue weighted by Gasteiger charge is -2.09. The standard InChI is InChI=1S/C18H29N/c1-3-16-10-9-15(14-17(16)4-2)8-6-5-7-13-19-18-11-12-18/h9-10,14,18-19H,3-8,11-13H2,1-2H3. The molecule has 1 aliphatic carbocycles. The Kier molecular flexibility index (Phi) is 5.91. The Hall–Kier alpha value is -0.820. The molecule has 19 heavy (non-hydrogen) atoms. The van der Waals surface area contributed by atoms with Crippen molar-refractivity contribution in [2.24, 2.45) is 0 Å². The molecule has 0 atom stereocenters. The highest BCUT2D eigenvalue weighted by Crippen LogP contribution is 2.19. The van der Waals surface area contributed by atoms with Crippen LogP contribution in [0.1, 0.15) is 62.6 Å². The molecule has 1 aromatic carbocycles. The monoisotopic (exact) mass is 259 g/mol. The zero-order valence-corrected chi connectivity index (χ0v) is 12.7. The van der Waals surface area contributed by atoms with Crippen LogP contribution in [-0.2, 0) is 19.3 Å². The molecule has 0 aromatic heterocycles. The zero-order valence-electron chi connectivity index (χ0n) is 12.7. The smallest absolute Gasteiger partial charge is 0.00682 e. The number of hydrogen-bond acceptors (Lipinski definition) is 1. The molecule has 1 saturated carbocycles. The van der Waals surface area contributed by atoms with Crippen molar-refractivity contribution < 1.29 is 0 Å². The molecule has 1 aromatic rings. The molecule has 0 saturated heterocycles. The van der Waals surface area contributed by atoms with Gasteiger partial charge in [-0.2, -0.15) is 0 Å². The summed E-state index contributed by atoms with van der Waals surface area (Å²) in [6.07, 6.45) is 10.4. The summed E-state index contributed by atoms with van der Waals surface area (Å²) in [6, 6.07) is 7.97. The summed E-state index contributed by atoms with van der Waals surface area (Å²) in [5.74, 6) is 0. The maximum absolute atomic E-state index is 3.59. The van der Waals surface area contributed by atoms with Crippen LogP contribution in [0.2, 0.25) is 0 Å². The van der Waals surface area contributed by atoms with E-state index in [0.29, 0.717) is 0 Å². The van der Waals surface area contributed by atoms with E-state index in [-0.39, 0.29) is 0 Å². The minimum Gasteiger partial charge on any atom is -0.314 e. The second kappa shape index (κ2) is 7.69. The Morgan fingerprint density at radius 1 is 1.00 bits per heavy atom. The molecule has 0 bridgehead atoms. The first-order valence-corrected chi connectivity index (χ1v) is 8.17. The molecule has 1 N–H and O–H groups in total. The highest BCUT2D eigenvalue weighted by Gasteiger charge is 2.19. The van der Waals surface area contributed by atoms with E-state index >= 15 is 0 Å². The minimum atomic E-state index is 0.869. The fourth-order valence-electron chi connectivity index (χ4n) is 2.73.